The quantitative estimate of drug-likeness (QED) is 0.228. The molecule has 0 radical (unpaired) electrons. The van der Waals surface area contributed by atoms with E-state index >= 15 is 0 Å². The third kappa shape index (κ3) is 6.74. The molecule has 4 aromatic rings. The van der Waals surface area contributed by atoms with E-state index in [-0.39, 0.29) is 23.3 Å². The normalized spacial score (nSPS) is 14.4. The van der Waals surface area contributed by atoms with Gasteiger partial charge in [0.2, 0.25) is 5.91 Å². The van der Waals surface area contributed by atoms with Gasteiger partial charge in [0.25, 0.3) is 0 Å². The van der Waals surface area contributed by atoms with Gasteiger partial charge in [0, 0.05) is 26.1 Å². The number of amides is 1. The molecule has 2 heterocycles. The fraction of sp³-hybridized carbons (Fsp3) is 0.364. The first-order valence-electron chi connectivity index (χ1n) is 14.6. The Kier molecular flexibility index (Phi) is 8.77. The van der Waals surface area contributed by atoms with Gasteiger partial charge in [-0.3, -0.25) is 9.69 Å². The third-order valence-corrected chi connectivity index (χ3v) is 8.08. The molecule has 1 aliphatic heterocycles. The van der Waals surface area contributed by atoms with Crippen molar-refractivity contribution in [3.8, 4) is 28.6 Å². The number of nitrogens with one attached hydrogen (secondary N) is 2. The molecule has 220 valence electrons. The number of nitrogens with zero attached hydrogens (tertiary/aromatic N) is 3. The number of aromatic hydroxyl groups is 2. The van der Waals surface area contributed by atoms with Crippen LogP contribution in [0.2, 0.25) is 0 Å². The first-order chi connectivity index (χ1) is 20.2. The highest BCUT2D eigenvalue weighted by atomic mass is 16.3. The fourth-order valence-electron chi connectivity index (χ4n) is 5.66. The number of phenols is 2. The van der Waals surface area contributed by atoms with Crippen LogP contribution >= 0.6 is 0 Å². The molecule has 9 nitrogen and oxygen atoms in total. The maximum atomic E-state index is 12.7. The molecule has 42 heavy (non-hydrogen) atoms. The zero-order valence-electron chi connectivity index (χ0n) is 24.4. The molecule has 9 heteroatoms. The Hall–Kier alpha value is -4.37. The smallest absolute Gasteiger partial charge is 0.348 e. The van der Waals surface area contributed by atoms with Crippen LogP contribution in [0.5, 0.6) is 11.5 Å². The molecule has 0 atom stereocenters. The highest BCUT2D eigenvalue weighted by Gasteiger charge is 2.21. The summed E-state index contributed by atoms with van der Waals surface area (Å²) in [6, 6.07) is 19.4. The van der Waals surface area contributed by atoms with Crippen molar-refractivity contribution < 1.29 is 15.0 Å². The number of carbonyl (C=O) groups is 1. The summed E-state index contributed by atoms with van der Waals surface area (Å²) in [6.45, 7) is 9.03. The van der Waals surface area contributed by atoms with Crippen LogP contribution in [0.3, 0.4) is 0 Å². The minimum absolute atomic E-state index is 0.0137. The summed E-state index contributed by atoms with van der Waals surface area (Å²) in [4.78, 5) is 26.4. The molecule has 0 aliphatic carbocycles. The van der Waals surface area contributed by atoms with E-state index in [9.17, 15) is 19.8 Å². The number of benzene rings is 3. The lowest BCUT2D eigenvalue weighted by Gasteiger charge is -2.32. The van der Waals surface area contributed by atoms with Gasteiger partial charge < -0.3 is 15.5 Å². The number of aromatic nitrogens is 3. The van der Waals surface area contributed by atoms with Gasteiger partial charge in [0.05, 0.1) is 11.3 Å². The summed E-state index contributed by atoms with van der Waals surface area (Å²) in [6.07, 6.45) is 3.24. The summed E-state index contributed by atoms with van der Waals surface area (Å²) in [5.74, 6) is 0.777. The van der Waals surface area contributed by atoms with Crippen LogP contribution in [0, 0.1) is 5.92 Å². The van der Waals surface area contributed by atoms with E-state index in [1.54, 1.807) is 6.07 Å². The van der Waals surface area contributed by atoms with Crippen molar-refractivity contribution in [3.63, 3.8) is 0 Å². The van der Waals surface area contributed by atoms with Crippen molar-refractivity contribution in [1.82, 2.24) is 25.0 Å². The van der Waals surface area contributed by atoms with Gasteiger partial charge in [0.15, 0.2) is 5.82 Å². The van der Waals surface area contributed by atoms with E-state index in [0.717, 1.165) is 44.5 Å². The van der Waals surface area contributed by atoms with Gasteiger partial charge in [-0.05, 0) is 84.6 Å². The van der Waals surface area contributed by atoms with E-state index in [4.69, 9.17) is 0 Å². The second kappa shape index (κ2) is 12.7. The molecule has 1 aromatic heterocycles. The standard InChI is InChI=1S/C33H39N5O4/c1-21(2)28-17-29(31(41)18-30(28)40)32-35-36-33(42)38(32)27-10-8-23(9-11-27)16-24-12-14-37(15-13-24)20-26-6-4-25(5-7-26)19-34-22(3)39/h4-11,17-18,21,24,40-41H,12-16,19-20H2,1-3H3,(H,34,39)(H,36,42). The Morgan fingerprint density at radius 1 is 0.976 bits per heavy atom. The third-order valence-electron chi connectivity index (χ3n) is 8.08. The van der Waals surface area contributed by atoms with E-state index in [1.807, 2.05) is 26.0 Å². The van der Waals surface area contributed by atoms with E-state index in [0.29, 0.717) is 35.1 Å². The molecule has 0 spiro atoms. The van der Waals surface area contributed by atoms with Crippen LogP contribution in [0.25, 0.3) is 17.1 Å². The number of aromatic amines is 1. The number of likely N-dealkylation sites (tertiary alicyclic amines) is 1. The Morgan fingerprint density at radius 3 is 2.26 bits per heavy atom. The minimum atomic E-state index is -0.397. The number of rotatable bonds is 9. The maximum absolute atomic E-state index is 12.7. The Morgan fingerprint density at radius 2 is 1.62 bits per heavy atom. The van der Waals surface area contributed by atoms with E-state index in [2.05, 4.69) is 56.8 Å². The van der Waals surface area contributed by atoms with E-state index < -0.39 is 5.69 Å². The Bertz CT molecular complexity index is 1580. The van der Waals surface area contributed by atoms with Gasteiger partial charge in [-0.1, -0.05) is 50.2 Å². The topological polar surface area (TPSA) is 123 Å². The van der Waals surface area contributed by atoms with Crippen LogP contribution in [0.1, 0.15) is 61.8 Å². The molecular weight excluding hydrogens is 530 g/mol. The second-order valence-electron chi connectivity index (χ2n) is 11.6. The van der Waals surface area contributed by atoms with Crippen molar-refractivity contribution in [3.05, 3.63) is 93.4 Å². The Balaban J connectivity index is 1.20. The average molecular weight is 570 g/mol. The molecule has 1 fully saturated rings. The number of phenolic OH excluding ortho intramolecular Hbond substituents is 2. The molecule has 1 saturated heterocycles. The van der Waals surface area contributed by atoms with Crippen molar-refractivity contribution in [1.29, 1.82) is 0 Å². The number of hydrogen-bond donors (Lipinski definition) is 4. The summed E-state index contributed by atoms with van der Waals surface area (Å²) in [7, 11) is 0. The minimum Gasteiger partial charge on any atom is -0.508 e. The zero-order valence-corrected chi connectivity index (χ0v) is 24.4. The lowest BCUT2D eigenvalue weighted by atomic mass is 9.90. The molecule has 4 N–H and O–H groups in total. The largest absolute Gasteiger partial charge is 0.508 e. The van der Waals surface area contributed by atoms with Gasteiger partial charge in [-0.25, -0.2) is 14.5 Å². The van der Waals surface area contributed by atoms with Crippen molar-refractivity contribution in [2.75, 3.05) is 13.1 Å². The molecule has 0 unspecified atom stereocenters. The first kappa shape index (κ1) is 29.1. The Labute approximate surface area is 245 Å². The number of H-pyrrole nitrogens is 1. The van der Waals surface area contributed by atoms with Crippen LogP contribution in [-0.4, -0.2) is 48.9 Å². The highest BCUT2D eigenvalue weighted by molar-refractivity contribution is 5.72. The van der Waals surface area contributed by atoms with Crippen molar-refractivity contribution in [2.45, 2.75) is 59.0 Å². The lowest BCUT2D eigenvalue weighted by Crippen LogP contribution is -2.33. The predicted octanol–water partition coefficient (Wildman–Crippen LogP) is 4.85. The lowest BCUT2D eigenvalue weighted by molar-refractivity contribution is -0.119. The molecule has 0 bridgehead atoms. The van der Waals surface area contributed by atoms with Crippen molar-refractivity contribution in [2.24, 2.45) is 5.92 Å². The molecule has 1 amide bonds. The second-order valence-corrected chi connectivity index (χ2v) is 11.6. The number of hydrogen-bond acceptors (Lipinski definition) is 6. The molecule has 5 rings (SSSR count). The molecule has 1 aliphatic rings. The zero-order chi connectivity index (χ0) is 29.8. The van der Waals surface area contributed by atoms with Crippen LogP contribution in [0.15, 0.2) is 65.5 Å². The fourth-order valence-corrected chi connectivity index (χ4v) is 5.66. The van der Waals surface area contributed by atoms with E-state index in [1.165, 1.54) is 28.7 Å². The van der Waals surface area contributed by atoms with Gasteiger partial charge in [-0.15, -0.1) is 0 Å². The van der Waals surface area contributed by atoms with Crippen LogP contribution < -0.4 is 11.0 Å². The summed E-state index contributed by atoms with van der Waals surface area (Å²) >= 11 is 0. The van der Waals surface area contributed by atoms with Gasteiger partial charge in [0.1, 0.15) is 11.5 Å². The average Bonchev–Trinajstić information content (AvgIpc) is 3.34. The van der Waals surface area contributed by atoms with Gasteiger partial charge >= 0.3 is 5.69 Å². The summed E-state index contributed by atoms with van der Waals surface area (Å²) in [5, 5.41) is 30.3. The van der Waals surface area contributed by atoms with Crippen LogP contribution in [-0.2, 0) is 24.3 Å². The summed E-state index contributed by atoms with van der Waals surface area (Å²) in [5.41, 5.74) is 4.92. The molecule has 0 saturated carbocycles. The SMILES string of the molecule is CC(=O)NCc1ccc(CN2CCC(Cc3ccc(-n4c(-c5cc(C(C)C)c(O)cc5O)n[nH]c4=O)cc3)CC2)cc1. The molecular formula is C33H39N5O4. The summed E-state index contributed by atoms with van der Waals surface area (Å²) < 4.78 is 1.45. The predicted molar refractivity (Wildman–Crippen MR) is 163 cm³/mol. The maximum Gasteiger partial charge on any atom is 0.348 e. The first-order valence-corrected chi connectivity index (χ1v) is 14.6. The van der Waals surface area contributed by atoms with Crippen molar-refractivity contribution >= 4 is 5.91 Å². The van der Waals surface area contributed by atoms with Crippen LogP contribution in [0.4, 0.5) is 0 Å². The van der Waals surface area contributed by atoms with Gasteiger partial charge in [-0.2, -0.15) is 5.10 Å². The monoisotopic (exact) mass is 569 g/mol. The number of piperidine rings is 1. The number of carbonyl (C=O) groups excluding carboxylic acids is 1. The molecule has 3 aromatic carbocycles. The highest BCUT2D eigenvalue weighted by Crippen LogP contribution is 2.37.